The molecule has 0 aliphatic heterocycles. The molecule has 0 aliphatic carbocycles. The maximum atomic E-state index is 13.3. The second-order valence-electron chi connectivity index (χ2n) is 7.27. The van der Waals surface area contributed by atoms with E-state index in [2.05, 4.69) is 15.6 Å². The number of hydrogen-bond acceptors (Lipinski definition) is 4. The van der Waals surface area contributed by atoms with E-state index in [1.165, 1.54) is 6.07 Å². The van der Waals surface area contributed by atoms with Crippen molar-refractivity contribution in [3.05, 3.63) is 35.4 Å². The van der Waals surface area contributed by atoms with Gasteiger partial charge in [-0.2, -0.15) is 0 Å². The van der Waals surface area contributed by atoms with Gasteiger partial charge in [0.2, 0.25) is 0 Å². The van der Waals surface area contributed by atoms with Gasteiger partial charge in [-0.3, -0.25) is 15.1 Å². The molecule has 0 radical (unpaired) electrons. The minimum absolute atomic E-state index is 0.0232. The number of benzene rings is 1. The van der Waals surface area contributed by atoms with Crippen molar-refractivity contribution in [1.82, 2.24) is 10.6 Å². The molecule has 6 N–H and O–H groups in total. The van der Waals surface area contributed by atoms with Crippen molar-refractivity contribution < 1.29 is 13.6 Å². The molecule has 0 bridgehead atoms. The van der Waals surface area contributed by atoms with Crippen LogP contribution in [0.2, 0.25) is 0 Å². The average molecular weight is 355 g/mol. The smallest absolute Gasteiger partial charge is 0.258 e. The summed E-state index contributed by atoms with van der Waals surface area (Å²) >= 11 is 0. The van der Waals surface area contributed by atoms with Crippen LogP contribution in [0.25, 0.3) is 0 Å². The maximum Gasteiger partial charge on any atom is 0.258 e. The summed E-state index contributed by atoms with van der Waals surface area (Å²) in [6.07, 6.45) is -0.0424. The van der Waals surface area contributed by atoms with Crippen LogP contribution in [0.1, 0.15) is 44.5 Å². The van der Waals surface area contributed by atoms with Crippen LogP contribution in [0.15, 0.2) is 23.2 Å². The number of halogens is 2. The Hall–Kier alpha value is -2.06. The molecule has 0 saturated heterocycles. The number of nitrogens with two attached hydrogens (primary N) is 2. The van der Waals surface area contributed by atoms with E-state index in [0.717, 1.165) is 12.1 Å². The molecule has 0 saturated carbocycles. The summed E-state index contributed by atoms with van der Waals surface area (Å²) in [6.45, 7) is 8.22. The largest absolute Gasteiger partial charge is 0.341 e. The highest BCUT2D eigenvalue weighted by molar-refractivity contribution is 6.05. The molecule has 8 heteroatoms. The van der Waals surface area contributed by atoms with Crippen molar-refractivity contribution >= 4 is 11.9 Å². The molecule has 2 atom stereocenters. The first-order valence-electron chi connectivity index (χ1n) is 8.06. The molecule has 0 aliphatic rings. The molecule has 2 unspecified atom stereocenters. The van der Waals surface area contributed by atoms with Crippen LogP contribution in [0.3, 0.4) is 0 Å². The summed E-state index contributed by atoms with van der Waals surface area (Å²) < 4.78 is 26.3. The zero-order valence-electron chi connectivity index (χ0n) is 15.1. The molecule has 140 valence electrons. The number of carbonyl (C=O) groups excluding carboxylic acids is 1. The maximum absolute atomic E-state index is 13.3. The predicted octanol–water partition coefficient (Wildman–Crippen LogP) is 1.71. The third-order valence-electron chi connectivity index (χ3n) is 3.07. The van der Waals surface area contributed by atoms with Crippen molar-refractivity contribution in [2.45, 2.75) is 46.3 Å². The van der Waals surface area contributed by atoms with E-state index in [9.17, 15) is 13.6 Å². The van der Waals surface area contributed by atoms with Gasteiger partial charge in [0.05, 0.1) is 6.17 Å². The molecule has 0 heterocycles. The molecule has 1 amide bonds. The number of guanidine groups is 1. The summed E-state index contributed by atoms with van der Waals surface area (Å²) in [5.74, 6) is -2.57. The van der Waals surface area contributed by atoms with Crippen molar-refractivity contribution in [2.75, 3.05) is 6.54 Å². The monoisotopic (exact) mass is 355 g/mol. The number of amides is 1. The minimum Gasteiger partial charge on any atom is -0.341 e. The summed E-state index contributed by atoms with van der Waals surface area (Å²) in [7, 11) is 0. The number of rotatable bonds is 5. The minimum atomic E-state index is -1.09. The van der Waals surface area contributed by atoms with E-state index in [1.807, 2.05) is 27.7 Å². The van der Waals surface area contributed by atoms with Crippen molar-refractivity contribution in [1.29, 1.82) is 0 Å². The van der Waals surface area contributed by atoms with E-state index < -0.39 is 23.7 Å². The normalized spacial score (nSPS) is 14.8. The lowest BCUT2D eigenvalue weighted by Crippen LogP contribution is -2.51. The molecule has 0 aromatic heterocycles. The standard InChI is InChI=1S/C17H27F2N5O/c1-10(20)7-14(21)23-16(22-9-17(2,3)4)24-15(25)11-5-6-12(18)13(19)8-11/h5-6,8,10,14H,7,9,20-21H2,1-4H3,(H2,22,23,24,25). The van der Waals surface area contributed by atoms with Gasteiger partial charge < -0.3 is 16.8 Å². The fourth-order valence-corrected chi connectivity index (χ4v) is 1.89. The van der Waals surface area contributed by atoms with Crippen LogP contribution >= 0.6 is 0 Å². The number of nitrogens with one attached hydrogen (secondary N) is 2. The highest BCUT2D eigenvalue weighted by Gasteiger charge is 2.16. The van der Waals surface area contributed by atoms with Crippen LogP contribution in [-0.2, 0) is 0 Å². The second-order valence-corrected chi connectivity index (χ2v) is 7.27. The van der Waals surface area contributed by atoms with Gasteiger partial charge in [0.15, 0.2) is 17.6 Å². The Bertz CT molecular complexity index is 626. The van der Waals surface area contributed by atoms with E-state index in [1.54, 1.807) is 0 Å². The number of carbonyl (C=O) groups is 1. The summed E-state index contributed by atoms with van der Waals surface area (Å²) in [5, 5.41) is 5.44. The molecular weight excluding hydrogens is 328 g/mol. The van der Waals surface area contributed by atoms with Gasteiger partial charge in [0.1, 0.15) is 0 Å². The Morgan fingerprint density at radius 2 is 1.88 bits per heavy atom. The third-order valence-corrected chi connectivity index (χ3v) is 3.07. The van der Waals surface area contributed by atoms with E-state index in [4.69, 9.17) is 11.5 Å². The van der Waals surface area contributed by atoms with Crippen molar-refractivity contribution in [3.8, 4) is 0 Å². The van der Waals surface area contributed by atoms with Gasteiger partial charge >= 0.3 is 0 Å². The van der Waals surface area contributed by atoms with E-state index in [0.29, 0.717) is 13.0 Å². The van der Waals surface area contributed by atoms with Gasteiger partial charge in [-0.1, -0.05) is 20.8 Å². The first kappa shape index (κ1) is 21.0. The fraction of sp³-hybridized carbons (Fsp3) is 0.529. The van der Waals surface area contributed by atoms with Gasteiger partial charge in [0.25, 0.3) is 5.91 Å². The first-order valence-corrected chi connectivity index (χ1v) is 8.06. The zero-order chi connectivity index (χ0) is 19.2. The van der Waals surface area contributed by atoms with E-state index in [-0.39, 0.29) is 23.0 Å². The number of aliphatic imine (C=N–C) groups is 1. The lowest BCUT2D eigenvalue weighted by molar-refractivity contribution is 0.0974. The van der Waals surface area contributed by atoms with Gasteiger partial charge in [0, 0.05) is 18.2 Å². The Balaban J connectivity index is 2.90. The molecule has 1 rings (SSSR count). The highest BCUT2D eigenvalue weighted by Crippen LogP contribution is 2.13. The molecule has 1 aromatic rings. The van der Waals surface area contributed by atoms with Crippen LogP contribution in [-0.4, -0.2) is 30.6 Å². The van der Waals surface area contributed by atoms with E-state index >= 15 is 0 Å². The first-order chi connectivity index (χ1) is 11.5. The van der Waals surface area contributed by atoms with Gasteiger partial charge in [-0.25, -0.2) is 8.78 Å². The molecule has 1 aromatic carbocycles. The fourth-order valence-electron chi connectivity index (χ4n) is 1.89. The topological polar surface area (TPSA) is 106 Å². The summed E-state index contributed by atoms with van der Waals surface area (Å²) in [5.41, 5.74) is 11.5. The predicted molar refractivity (Wildman–Crippen MR) is 95.0 cm³/mol. The highest BCUT2D eigenvalue weighted by atomic mass is 19.2. The number of hydrogen-bond donors (Lipinski definition) is 4. The Morgan fingerprint density at radius 1 is 1.24 bits per heavy atom. The van der Waals surface area contributed by atoms with Crippen LogP contribution in [0, 0.1) is 17.0 Å². The van der Waals surface area contributed by atoms with Crippen molar-refractivity contribution in [2.24, 2.45) is 21.9 Å². The summed E-state index contributed by atoms with van der Waals surface area (Å²) in [4.78, 5) is 16.6. The molecule has 0 fully saturated rings. The lowest BCUT2D eigenvalue weighted by Gasteiger charge is -2.21. The van der Waals surface area contributed by atoms with Gasteiger partial charge in [-0.05, 0) is 37.0 Å². The Kier molecular flexibility index (Phi) is 7.44. The van der Waals surface area contributed by atoms with Crippen LogP contribution in [0.4, 0.5) is 8.78 Å². The summed E-state index contributed by atoms with van der Waals surface area (Å²) in [6, 6.07) is 2.78. The number of nitrogens with zero attached hydrogens (tertiary/aromatic N) is 1. The van der Waals surface area contributed by atoms with Crippen molar-refractivity contribution in [3.63, 3.8) is 0 Å². The lowest BCUT2D eigenvalue weighted by atomic mass is 9.97. The molecular formula is C17H27F2N5O. The average Bonchev–Trinajstić information content (AvgIpc) is 2.45. The van der Waals surface area contributed by atoms with Crippen LogP contribution in [0.5, 0.6) is 0 Å². The molecule has 25 heavy (non-hydrogen) atoms. The quantitative estimate of drug-likeness (QED) is 0.366. The SMILES string of the molecule is CC(N)CC(N)NC(=NCC(C)(C)C)NC(=O)c1ccc(F)c(F)c1. The van der Waals surface area contributed by atoms with Crippen LogP contribution < -0.4 is 22.1 Å². The molecule has 0 spiro atoms. The zero-order valence-corrected chi connectivity index (χ0v) is 15.1. The Morgan fingerprint density at radius 3 is 2.40 bits per heavy atom. The third kappa shape index (κ3) is 8.04. The Labute approximate surface area is 147 Å². The van der Waals surface area contributed by atoms with Gasteiger partial charge in [-0.15, -0.1) is 0 Å². The molecule has 6 nitrogen and oxygen atoms in total. The second kappa shape index (κ2) is 8.87.